The average Bonchev–Trinajstić information content (AvgIpc) is 2.93. The van der Waals surface area contributed by atoms with Gasteiger partial charge in [-0.2, -0.15) is 0 Å². The van der Waals surface area contributed by atoms with Crippen molar-refractivity contribution in [3.05, 3.63) is 29.8 Å². The van der Waals surface area contributed by atoms with Crippen LogP contribution in [0.5, 0.6) is 5.75 Å². The van der Waals surface area contributed by atoms with E-state index in [9.17, 15) is 4.79 Å². The van der Waals surface area contributed by atoms with E-state index in [1.54, 1.807) is 7.11 Å². The van der Waals surface area contributed by atoms with Crippen molar-refractivity contribution in [1.82, 2.24) is 4.90 Å². The minimum absolute atomic E-state index is 0.0476. The molecule has 4 nitrogen and oxygen atoms in total. The average molecular weight is 305 g/mol. The summed E-state index contributed by atoms with van der Waals surface area (Å²) >= 11 is 0. The zero-order valence-electron chi connectivity index (χ0n) is 14.3. The molecule has 1 aromatic carbocycles. The highest BCUT2D eigenvalue weighted by Crippen LogP contribution is 2.37. The summed E-state index contributed by atoms with van der Waals surface area (Å²) in [5, 5.41) is 0. The van der Waals surface area contributed by atoms with Gasteiger partial charge in [0.05, 0.1) is 19.6 Å². The van der Waals surface area contributed by atoms with Gasteiger partial charge < -0.3 is 9.47 Å². The second-order valence-electron chi connectivity index (χ2n) is 6.81. The molecule has 2 rings (SSSR count). The predicted octanol–water partition coefficient (Wildman–Crippen LogP) is 3.07. The molecule has 0 aliphatic carbocycles. The van der Waals surface area contributed by atoms with Crippen molar-refractivity contribution in [1.29, 1.82) is 0 Å². The van der Waals surface area contributed by atoms with Crippen LogP contribution in [-0.2, 0) is 9.53 Å². The lowest BCUT2D eigenvalue weighted by Gasteiger charge is -2.31. The number of rotatable bonds is 4. The molecule has 0 unspecified atom stereocenters. The van der Waals surface area contributed by atoms with Crippen molar-refractivity contribution in [3.8, 4) is 5.75 Å². The van der Waals surface area contributed by atoms with E-state index in [1.165, 1.54) is 5.56 Å². The van der Waals surface area contributed by atoms with Gasteiger partial charge in [-0.3, -0.25) is 9.69 Å². The molecule has 0 N–H and O–H groups in total. The Labute approximate surface area is 133 Å². The largest absolute Gasteiger partial charge is 0.497 e. The number of esters is 1. The summed E-state index contributed by atoms with van der Waals surface area (Å²) in [5.74, 6) is 0.814. The number of carbonyl (C=O) groups excluding carboxylic acids is 1. The van der Waals surface area contributed by atoms with Crippen molar-refractivity contribution >= 4 is 5.97 Å². The third kappa shape index (κ3) is 3.61. The zero-order chi connectivity index (χ0) is 16.3. The summed E-state index contributed by atoms with van der Waals surface area (Å²) in [6.07, 6.45) is 0. The van der Waals surface area contributed by atoms with Gasteiger partial charge in [-0.05, 0) is 45.4 Å². The van der Waals surface area contributed by atoms with Gasteiger partial charge in [-0.25, -0.2) is 0 Å². The molecule has 2 atom stereocenters. The minimum atomic E-state index is -0.104. The van der Waals surface area contributed by atoms with Gasteiger partial charge in [0.25, 0.3) is 0 Å². The summed E-state index contributed by atoms with van der Waals surface area (Å²) in [6.45, 7) is 10.5. The third-order valence-electron chi connectivity index (χ3n) is 4.40. The van der Waals surface area contributed by atoms with Crippen LogP contribution in [0, 0.1) is 5.92 Å². The molecule has 1 saturated heterocycles. The van der Waals surface area contributed by atoms with E-state index in [0.717, 1.165) is 18.8 Å². The highest BCUT2D eigenvalue weighted by Gasteiger charge is 2.42. The van der Waals surface area contributed by atoms with Crippen LogP contribution in [0.15, 0.2) is 24.3 Å². The number of ether oxygens (including phenoxy) is 2. The molecule has 0 amide bonds. The van der Waals surface area contributed by atoms with Gasteiger partial charge in [0.2, 0.25) is 0 Å². The molecular weight excluding hydrogens is 278 g/mol. The number of carbonyl (C=O) groups is 1. The second-order valence-corrected chi connectivity index (χ2v) is 6.81. The van der Waals surface area contributed by atoms with Crippen molar-refractivity contribution in [2.75, 3.05) is 26.8 Å². The Bertz CT molecular complexity index is 504. The summed E-state index contributed by atoms with van der Waals surface area (Å²) in [4.78, 5) is 14.7. The molecule has 0 bridgehead atoms. The van der Waals surface area contributed by atoms with Crippen LogP contribution in [-0.4, -0.2) is 43.2 Å². The smallest absolute Gasteiger partial charge is 0.310 e. The van der Waals surface area contributed by atoms with Crippen molar-refractivity contribution in [2.45, 2.75) is 39.2 Å². The van der Waals surface area contributed by atoms with Crippen molar-refractivity contribution in [2.24, 2.45) is 5.92 Å². The molecule has 0 radical (unpaired) electrons. The maximum atomic E-state index is 12.4. The van der Waals surface area contributed by atoms with E-state index in [-0.39, 0.29) is 23.3 Å². The lowest BCUT2D eigenvalue weighted by atomic mass is 9.89. The zero-order valence-corrected chi connectivity index (χ0v) is 14.3. The Morgan fingerprint density at radius 2 is 1.86 bits per heavy atom. The lowest BCUT2D eigenvalue weighted by Crippen LogP contribution is -2.40. The summed E-state index contributed by atoms with van der Waals surface area (Å²) < 4.78 is 10.5. The molecule has 1 aromatic rings. The van der Waals surface area contributed by atoms with Crippen molar-refractivity contribution < 1.29 is 14.3 Å². The Morgan fingerprint density at radius 1 is 1.23 bits per heavy atom. The van der Waals surface area contributed by atoms with Gasteiger partial charge >= 0.3 is 5.97 Å². The fourth-order valence-corrected chi connectivity index (χ4v) is 3.03. The second kappa shape index (κ2) is 6.69. The Morgan fingerprint density at radius 3 is 2.36 bits per heavy atom. The molecule has 1 aliphatic heterocycles. The number of likely N-dealkylation sites (tertiary alicyclic amines) is 1. The molecule has 4 heteroatoms. The molecule has 22 heavy (non-hydrogen) atoms. The highest BCUT2D eigenvalue weighted by molar-refractivity contribution is 5.74. The summed E-state index contributed by atoms with van der Waals surface area (Å²) in [5.41, 5.74) is 1.22. The third-order valence-corrected chi connectivity index (χ3v) is 4.40. The van der Waals surface area contributed by atoms with Gasteiger partial charge in [-0.1, -0.05) is 12.1 Å². The summed E-state index contributed by atoms with van der Waals surface area (Å²) in [7, 11) is 1.66. The fraction of sp³-hybridized carbons (Fsp3) is 0.611. The maximum Gasteiger partial charge on any atom is 0.310 e. The minimum Gasteiger partial charge on any atom is -0.497 e. The summed E-state index contributed by atoms with van der Waals surface area (Å²) in [6, 6.07) is 8.03. The van der Waals surface area contributed by atoms with E-state index >= 15 is 0 Å². The SMILES string of the molecule is CCOC(=O)[C@@H]1CN(C(C)(C)C)C[C@H]1c1ccc(OC)cc1. The lowest BCUT2D eigenvalue weighted by molar-refractivity contribution is -0.148. The number of nitrogens with zero attached hydrogens (tertiary/aromatic N) is 1. The van der Waals surface area contributed by atoms with E-state index in [0.29, 0.717) is 6.61 Å². The first-order chi connectivity index (χ1) is 10.4. The Balaban J connectivity index is 2.25. The molecule has 0 saturated carbocycles. The van der Waals surface area contributed by atoms with Gasteiger partial charge in [-0.15, -0.1) is 0 Å². The number of hydrogen-bond acceptors (Lipinski definition) is 4. The molecular formula is C18H27NO3. The van der Waals surface area contributed by atoms with Crippen LogP contribution >= 0.6 is 0 Å². The number of methoxy groups -OCH3 is 1. The van der Waals surface area contributed by atoms with E-state index in [4.69, 9.17) is 9.47 Å². The van der Waals surface area contributed by atoms with Crippen LogP contribution in [0.4, 0.5) is 0 Å². The quantitative estimate of drug-likeness (QED) is 0.801. The Kier molecular flexibility index (Phi) is 5.12. The maximum absolute atomic E-state index is 12.4. The van der Waals surface area contributed by atoms with Crippen LogP contribution in [0.3, 0.4) is 0 Å². The first-order valence-corrected chi connectivity index (χ1v) is 7.92. The van der Waals surface area contributed by atoms with Crippen LogP contribution < -0.4 is 4.74 Å². The standard InChI is InChI=1S/C18H27NO3/c1-6-22-17(20)16-12-19(18(2,3)4)11-15(16)13-7-9-14(21-5)10-8-13/h7-10,15-16H,6,11-12H2,1-5H3/t15-,16+/m0/s1. The molecule has 0 aromatic heterocycles. The Hall–Kier alpha value is -1.55. The topological polar surface area (TPSA) is 38.8 Å². The van der Waals surface area contributed by atoms with E-state index in [1.807, 2.05) is 19.1 Å². The van der Waals surface area contributed by atoms with Crippen LogP contribution in [0.25, 0.3) is 0 Å². The monoisotopic (exact) mass is 305 g/mol. The molecule has 1 aliphatic rings. The molecule has 1 fully saturated rings. The van der Waals surface area contributed by atoms with E-state index in [2.05, 4.69) is 37.8 Å². The van der Waals surface area contributed by atoms with Gasteiger partial charge in [0.15, 0.2) is 0 Å². The van der Waals surface area contributed by atoms with Crippen LogP contribution in [0.1, 0.15) is 39.2 Å². The highest BCUT2D eigenvalue weighted by atomic mass is 16.5. The predicted molar refractivity (Wildman–Crippen MR) is 87.2 cm³/mol. The normalized spacial score (nSPS) is 22.6. The van der Waals surface area contributed by atoms with Gasteiger partial charge in [0, 0.05) is 24.5 Å². The van der Waals surface area contributed by atoms with Crippen LogP contribution in [0.2, 0.25) is 0 Å². The number of benzene rings is 1. The first-order valence-electron chi connectivity index (χ1n) is 7.92. The van der Waals surface area contributed by atoms with Crippen molar-refractivity contribution in [3.63, 3.8) is 0 Å². The fourth-order valence-electron chi connectivity index (χ4n) is 3.03. The van der Waals surface area contributed by atoms with E-state index < -0.39 is 0 Å². The number of hydrogen-bond donors (Lipinski definition) is 0. The first kappa shape index (κ1) is 16.8. The van der Waals surface area contributed by atoms with Gasteiger partial charge in [0.1, 0.15) is 5.75 Å². The molecule has 0 spiro atoms. The molecule has 122 valence electrons. The molecule has 1 heterocycles.